The zero-order chi connectivity index (χ0) is 57.9. The Morgan fingerprint density at radius 3 is 1.73 bits per heavy atom. The van der Waals surface area contributed by atoms with Crippen LogP contribution in [0.4, 0.5) is 0 Å². The number of methoxy groups -OCH3 is 2. The number of esters is 8. The molecule has 0 bridgehead atoms. The topological polar surface area (TPSA) is 295 Å². The molecule has 24 nitrogen and oxygen atoms in total. The van der Waals surface area contributed by atoms with E-state index in [1.54, 1.807) is 78.9 Å². The lowest BCUT2D eigenvalue weighted by Gasteiger charge is -2.49. The first-order valence-corrected chi connectivity index (χ1v) is 24.9. The number of carbonyl (C=O) groups is 9. The molecule has 0 aromatic heterocycles. The van der Waals surface area contributed by atoms with Crippen LogP contribution >= 0.6 is 0 Å². The molecule has 428 valence electrons. The lowest BCUT2D eigenvalue weighted by atomic mass is 9.87. The fourth-order valence-electron chi connectivity index (χ4n) is 8.58. The standard InChI is InChI=1S/C56H61NO23/c1-32(58)69-29-43(74-35(4)61)47(75-36(5)62)49-46(57-45(63)31-70-33(2)59)42(73-34(3)60)27-56(80-49,55(66)68-7)72-30-44-48(78-52(64)38-19-13-9-14-20-38)50(71-28-37-17-11-8-12-18-37)51(79-53(65)39-21-15-10-16-22-39)54(77-44)76-41-25-23-40(67-6)24-26-41/h8-26,42-44,46-51,54H,27-31H2,1-7H3,(H,57,63)/t42?,43-,44+,46-,47-,48+,49-,50+,51?,54-,56-/m1/s1. The van der Waals surface area contributed by atoms with Gasteiger partial charge in [-0.3, -0.25) is 28.8 Å². The van der Waals surface area contributed by atoms with Crippen molar-refractivity contribution >= 4 is 53.7 Å². The molecule has 0 radical (unpaired) electrons. The van der Waals surface area contributed by atoms with Gasteiger partial charge >= 0.3 is 47.8 Å². The molecular formula is C56H61NO23. The average molecular weight is 1120 g/mol. The Kier molecular flexibility index (Phi) is 22.0. The van der Waals surface area contributed by atoms with Crippen molar-refractivity contribution in [3.05, 3.63) is 132 Å². The van der Waals surface area contributed by atoms with Crippen molar-refractivity contribution in [2.75, 3.05) is 34.0 Å². The van der Waals surface area contributed by atoms with Gasteiger partial charge in [-0.1, -0.05) is 66.7 Å². The van der Waals surface area contributed by atoms with E-state index < -0.39 is 147 Å². The number of ether oxygens (including phenoxy) is 14. The Morgan fingerprint density at radius 2 is 1.19 bits per heavy atom. The zero-order valence-corrected chi connectivity index (χ0v) is 44.7. The summed E-state index contributed by atoms with van der Waals surface area (Å²) in [6, 6.07) is 29.1. The Bertz CT molecular complexity index is 2760. The minimum absolute atomic E-state index is 0.0616. The van der Waals surface area contributed by atoms with E-state index in [2.05, 4.69) is 5.32 Å². The molecule has 6 rings (SSSR count). The Balaban J connectivity index is 1.53. The summed E-state index contributed by atoms with van der Waals surface area (Å²) in [5.41, 5.74) is 0.802. The van der Waals surface area contributed by atoms with Crippen molar-refractivity contribution in [3.8, 4) is 11.5 Å². The monoisotopic (exact) mass is 1120 g/mol. The minimum atomic E-state index is -2.85. The van der Waals surface area contributed by atoms with E-state index in [9.17, 15) is 43.2 Å². The fourth-order valence-corrected chi connectivity index (χ4v) is 8.58. The Morgan fingerprint density at radius 1 is 0.625 bits per heavy atom. The Labute approximate surface area is 459 Å². The van der Waals surface area contributed by atoms with Gasteiger partial charge < -0.3 is 71.6 Å². The highest BCUT2D eigenvalue weighted by Crippen LogP contribution is 2.39. The van der Waals surface area contributed by atoms with Gasteiger partial charge in [0, 0.05) is 34.6 Å². The second kappa shape index (κ2) is 29.0. The molecule has 80 heavy (non-hydrogen) atoms. The van der Waals surface area contributed by atoms with Crippen molar-refractivity contribution < 1.29 is 109 Å². The highest BCUT2D eigenvalue weighted by Gasteiger charge is 2.61. The van der Waals surface area contributed by atoms with E-state index >= 15 is 0 Å². The van der Waals surface area contributed by atoms with E-state index in [1.165, 1.54) is 43.5 Å². The van der Waals surface area contributed by atoms with Crippen LogP contribution in [0.3, 0.4) is 0 Å². The van der Waals surface area contributed by atoms with Crippen molar-refractivity contribution in [1.29, 1.82) is 0 Å². The van der Waals surface area contributed by atoms with Gasteiger partial charge in [0.25, 0.3) is 11.7 Å². The van der Waals surface area contributed by atoms with E-state index in [-0.39, 0.29) is 23.5 Å². The summed E-state index contributed by atoms with van der Waals surface area (Å²) in [4.78, 5) is 119. The highest BCUT2D eigenvalue weighted by atomic mass is 16.8. The lowest BCUT2D eigenvalue weighted by molar-refractivity contribution is -0.335. The van der Waals surface area contributed by atoms with Gasteiger partial charge in [0.2, 0.25) is 6.29 Å². The number of amides is 1. The van der Waals surface area contributed by atoms with E-state index in [4.69, 9.17) is 66.3 Å². The van der Waals surface area contributed by atoms with Gasteiger partial charge in [0.1, 0.15) is 42.5 Å². The van der Waals surface area contributed by atoms with Gasteiger partial charge in [0.15, 0.2) is 31.0 Å². The maximum atomic E-state index is 14.6. The predicted molar refractivity (Wildman–Crippen MR) is 271 cm³/mol. The van der Waals surface area contributed by atoms with Crippen LogP contribution in [0.2, 0.25) is 0 Å². The Hall–Kier alpha value is -8.45. The number of carbonyl (C=O) groups excluding carboxylic acids is 9. The third-order valence-corrected chi connectivity index (χ3v) is 12.0. The number of nitrogens with one attached hydrogen (secondary N) is 1. The molecule has 0 aliphatic carbocycles. The molecule has 2 fully saturated rings. The van der Waals surface area contributed by atoms with Gasteiger partial charge in [-0.05, 0) is 54.1 Å². The molecule has 4 aromatic rings. The van der Waals surface area contributed by atoms with Crippen LogP contribution in [0, 0.1) is 0 Å². The molecule has 2 aliphatic heterocycles. The molecule has 2 saturated heterocycles. The fraction of sp³-hybridized carbons (Fsp3) is 0.411. The molecule has 0 saturated carbocycles. The van der Waals surface area contributed by atoms with Crippen LogP contribution in [0.1, 0.15) is 67.3 Å². The predicted octanol–water partition coefficient (Wildman–Crippen LogP) is 3.92. The molecule has 24 heteroatoms. The number of hydrogen-bond donors (Lipinski definition) is 1. The van der Waals surface area contributed by atoms with Crippen molar-refractivity contribution in [3.63, 3.8) is 0 Å². The molecule has 11 atom stereocenters. The molecular weight excluding hydrogens is 1050 g/mol. The van der Waals surface area contributed by atoms with Crippen molar-refractivity contribution in [2.24, 2.45) is 0 Å². The van der Waals surface area contributed by atoms with Crippen LogP contribution in [0.5, 0.6) is 11.5 Å². The number of hydrogen-bond acceptors (Lipinski definition) is 23. The first kappa shape index (κ1) is 60.8. The van der Waals surface area contributed by atoms with Crippen LogP contribution in [0.25, 0.3) is 0 Å². The van der Waals surface area contributed by atoms with Crippen LogP contribution in [0.15, 0.2) is 115 Å². The minimum Gasteiger partial charge on any atom is -0.497 e. The second-order valence-corrected chi connectivity index (χ2v) is 18.0. The molecule has 2 heterocycles. The third-order valence-electron chi connectivity index (χ3n) is 12.0. The maximum absolute atomic E-state index is 14.6. The summed E-state index contributed by atoms with van der Waals surface area (Å²) < 4.78 is 83.1. The summed E-state index contributed by atoms with van der Waals surface area (Å²) in [6.07, 6.45) is -16.5. The summed E-state index contributed by atoms with van der Waals surface area (Å²) in [5, 5.41) is 2.52. The van der Waals surface area contributed by atoms with Crippen LogP contribution in [-0.4, -0.2) is 155 Å². The summed E-state index contributed by atoms with van der Waals surface area (Å²) >= 11 is 0. The molecule has 1 amide bonds. The van der Waals surface area contributed by atoms with Gasteiger partial charge in [-0.2, -0.15) is 0 Å². The van der Waals surface area contributed by atoms with Gasteiger partial charge in [0.05, 0.1) is 51.0 Å². The summed E-state index contributed by atoms with van der Waals surface area (Å²) in [6.45, 7) is 2.20. The molecule has 4 aromatic carbocycles. The highest BCUT2D eigenvalue weighted by molar-refractivity contribution is 5.90. The zero-order valence-electron chi connectivity index (χ0n) is 44.7. The smallest absolute Gasteiger partial charge is 0.366 e. The van der Waals surface area contributed by atoms with Gasteiger partial charge in [-0.25, -0.2) is 14.4 Å². The van der Waals surface area contributed by atoms with Crippen molar-refractivity contribution in [2.45, 2.75) is 115 Å². The SMILES string of the molecule is COC(=O)[C@@]1(OC[C@@H]2O[C@@H](Oc3ccc(OC)cc3)C(OC(=O)c3ccccc3)[C@@H](OCc3ccccc3)[C@H]2OC(=O)c2ccccc2)CC(OC(C)=O)[C@@H](NC(=O)COC(C)=O)[C@H]([C@H](OC(C)=O)[C@@H](COC(C)=O)OC(C)=O)O1. The molecule has 2 aliphatic rings. The average Bonchev–Trinajstić information content (AvgIpc) is 3.61. The normalized spacial score (nSPS) is 23.0. The van der Waals surface area contributed by atoms with E-state index in [0.717, 1.165) is 41.7 Å². The molecule has 1 N–H and O–H groups in total. The summed E-state index contributed by atoms with van der Waals surface area (Å²) in [7, 11) is 2.41. The lowest BCUT2D eigenvalue weighted by Crippen LogP contribution is -2.70. The van der Waals surface area contributed by atoms with E-state index in [0.29, 0.717) is 11.3 Å². The van der Waals surface area contributed by atoms with Gasteiger partial charge in [-0.15, -0.1) is 0 Å². The summed E-state index contributed by atoms with van der Waals surface area (Å²) in [5.74, 6) is -11.2. The molecule has 0 spiro atoms. The first-order valence-electron chi connectivity index (χ1n) is 24.9. The quantitative estimate of drug-likeness (QED) is 0.0768. The molecule has 2 unspecified atom stereocenters. The number of benzene rings is 4. The van der Waals surface area contributed by atoms with Crippen LogP contribution in [-0.2, 0) is 97.0 Å². The largest absolute Gasteiger partial charge is 0.497 e. The first-order chi connectivity index (χ1) is 38.3. The third kappa shape index (κ3) is 17.0. The van der Waals surface area contributed by atoms with E-state index in [1.807, 2.05) is 0 Å². The second-order valence-electron chi connectivity index (χ2n) is 18.0. The van der Waals surface area contributed by atoms with Crippen molar-refractivity contribution in [1.82, 2.24) is 5.32 Å². The van der Waals surface area contributed by atoms with Crippen LogP contribution < -0.4 is 14.8 Å². The maximum Gasteiger partial charge on any atom is 0.366 e. The number of rotatable bonds is 24.